The maximum absolute atomic E-state index is 12.3. The average molecular weight is 454 g/mol. The number of aromatic amines is 2. The van der Waals surface area contributed by atoms with Crippen molar-refractivity contribution in [3.05, 3.63) is 57.5 Å². The molecular weight excluding hydrogens is 434 g/mol. The van der Waals surface area contributed by atoms with Crippen LogP contribution in [0.3, 0.4) is 0 Å². The number of ether oxygens (including phenoxy) is 1. The van der Waals surface area contributed by atoms with Gasteiger partial charge in [-0.2, -0.15) is 10.1 Å². The molecule has 4 heterocycles. The van der Waals surface area contributed by atoms with Crippen molar-refractivity contribution in [1.29, 1.82) is 0 Å². The van der Waals surface area contributed by atoms with E-state index >= 15 is 0 Å². The number of H-pyrrole nitrogens is 2. The fourth-order valence-electron chi connectivity index (χ4n) is 3.79. The second-order valence-electron chi connectivity index (χ2n) is 7.67. The van der Waals surface area contributed by atoms with Gasteiger partial charge in [-0.05, 0) is 38.0 Å². The van der Waals surface area contributed by atoms with Gasteiger partial charge in [0.05, 0.1) is 22.3 Å². The number of carbonyl (C=O) groups is 1. The smallest absolute Gasteiger partial charge is 0.296 e. The topological polar surface area (TPSA) is 117 Å². The van der Waals surface area contributed by atoms with E-state index in [1.807, 2.05) is 12.1 Å². The highest BCUT2D eigenvalue weighted by Crippen LogP contribution is 2.31. The van der Waals surface area contributed by atoms with E-state index in [2.05, 4.69) is 37.1 Å². The van der Waals surface area contributed by atoms with Crippen LogP contribution in [0, 0.1) is 0 Å². The molecule has 0 saturated carbocycles. The van der Waals surface area contributed by atoms with Gasteiger partial charge in [-0.25, -0.2) is 4.98 Å². The first kappa shape index (κ1) is 20.3. The predicted octanol–water partition coefficient (Wildman–Crippen LogP) is 3.81. The number of nitrogens with zero attached hydrogens (tertiary/aromatic N) is 3. The SMILES string of the molecule is CC(Oc1nc2nc(-c3ccc(N4CCCC4)cc3)c(Cl)cc2[nH]1)C(=O)c1cc(=O)[nH]o1. The van der Waals surface area contributed by atoms with Gasteiger partial charge in [0.15, 0.2) is 11.8 Å². The molecule has 1 saturated heterocycles. The Morgan fingerprint density at radius 3 is 2.62 bits per heavy atom. The van der Waals surface area contributed by atoms with Crippen LogP contribution in [-0.2, 0) is 0 Å². The molecule has 0 spiro atoms. The molecule has 0 bridgehead atoms. The molecule has 0 radical (unpaired) electrons. The van der Waals surface area contributed by atoms with Crippen molar-refractivity contribution in [2.24, 2.45) is 0 Å². The zero-order valence-electron chi connectivity index (χ0n) is 17.2. The summed E-state index contributed by atoms with van der Waals surface area (Å²) in [5, 5.41) is 2.55. The summed E-state index contributed by atoms with van der Waals surface area (Å²) in [4.78, 5) is 37.8. The molecule has 10 heteroatoms. The Hall–Kier alpha value is -3.59. The lowest BCUT2D eigenvalue weighted by Crippen LogP contribution is -2.24. The Balaban J connectivity index is 1.38. The summed E-state index contributed by atoms with van der Waals surface area (Å²) in [6.07, 6.45) is 1.51. The van der Waals surface area contributed by atoms with Gasteiger partial charge >= 0.3 is 0 Å². The molecule has 1 fully saturated rings. The van der Waals surface area contributed by atoms with E-state index in [4.69, 9.17) is 20.9 Å². The summed E-state index contributed by atoms with van der Waals surface area (Å²) < 4.78 is 10.4. The number of carbonyl (C=O) groups excluding carboxylic acids is 1. The molecule has 3 aromatic heterocycles. The number of ketones is 1. The molecule has 1 aliphatic rings. The number of pyridine rings is 1. The summed E-state index contributed by atoms with van der Waals surface area (Å²) >= 11 is 6.49. The summed E-state index contributed by atoms with van der Waals surface area (Å²) in [7, 11) is 0. The summed E-state index contributed by atoms with van der Waals surface area (Å²) in [5.41, 5.74) is 3.19. The highest BCUT2D eigenvalue weighted by molar-refractivity contribution is 6.33. The van der Waals surface area contributed by atoms with Crippen LogP contribution in [0.25, 0.3) is 22.4 Å². The Labute approximate surface area is 187 Å². The fourth-order valence-corrected chi connectivity index (χ4v) is 4.05. The quantitative estimate of drug-likeness (QED) is 0.426. The van der Waals surface area contributed by atoms with E-state index in [1.54, 1.807) is 6.07 Å². The molecule has 0 aliphatic carbocycles. The van der Waals surface area contributed by atoms with Gasteiger partial charge in [0, 0.05) is 24.3 Å². The van der Waals surface area contributed by atoms with Crippen molar-refractivity contribution >= 4 is 34.2 Å². The molecule has 1 aliphatic heterocycles. The van der Waals surface area contributed by atoms with Crippen LogP contribution in [-0.4, -0.2) is 45.1 Å². The molecule has 2 N–H and O–H groups in total. The molecule has 164 valence electrons. The molecule has 5 rings (SSSR count). The number of hydrogen-bond acceptors (Lipinski definition) is 7. The van der Waals surface area contributed by atoms with Crippen LogP contribution in [0.4, 0.5) is 5.69 Å². The molecule has 1 atom stereocenters. The molecule has 0 amide bonds. The number of hydrogen-bond donors (Lipinski definition) is 2. The number of halogens is 1. The third kappa shape index (κ3) is 3.87. The number of nitrogens with one attached hydrogen (secondary N) is 2. The standard InChI is InChI=1S/C22H20ClN5O4/c1-12(20(30)17-11-18(29)27-32-17)31-22-24-16-10-15(23)19(25-21(16)26-22)13-4-6-14(7-5-13)28-8-2-3-9-28/h4-7,10-12H,2-3,8-9H2,1H3,(H,27,29)(H,24,25,26). The molecule has 1 aromatic carbocycles. The second-order valence-corrected chi connectivity index (χ2v) is 8.08. The molecule has 4 aromatic rings. The first-order valence-corrected chi connectivity index (χ1v) is 10.7. The largest absolute Gasteiger partial charge is 0.453 e. The number of Topliss-reactive ketones (excluding diaryl/α,β-unsaturated/α-hetero) is 1. The van der Waals surface area contributed by atoms with Crippen molar-refractivity contribution in [2.45, 2.75) is 25.9 Å². The molecular formula is C22H20ClN5O4. The first-order valence-electron chi connectivity index (χ1n) is 10.3. The summed E-state index contributed by atoms with van der Waals surface area (Å²) in [6.45, 7) is 3.70. The Morgan fingerprint density at radius 1 is 1.19 bits per heavy atom. The van der Waals surface area contributed by atoms with Crippen molar-refractivity contribution in [3.63, 3.8) is 0 Å². The molecule has 32 heavy (non-hydrogen) atoms. The van der Waals surface area contributed by atoms with Gasteiger partial charge in [0.25, 0.3) is 11.6 Å². The van der Waals surface area contributed by atoms with E-state index in [-0.39, 0.29) is 11.8 Å². The molecule has 9 nitrogen and oxygen atoms in total. The minimum absolute atomic E-state index is 0.112. The zero-order chi connectivity index (χ0) is 22.2. The minimum atomic E-state index is -0.928. The Morgan fingerprint density at radius 2 is 1.94 bits per heavy atom. The van der Waals surface area contributed by atoms with Crippen LogP contribution in [0.1, 0.15) is 30.3 Å². The van der Waals surface area contributed by atoms with Crippen LogP contribution < -0.4 is 15.2 Å². The fraction of sp³-hybridized carbons (Fsp3) is 0.273. The summed E-state index contributed by atoms with van der Waals surface area (Å²) in [6, 6.07) is 11.1. The Kier molecular flexibility index (Phi) is 5.18. The maximum Gasteiger partial charge on any atom is 0.296 e. The van der Waals surface area contributed by atoms with Gasteiger partial charge in [0.1, 0.15) is 0 Å². The van der Waals surface area contributed by atoms with Gasteiger partial charge in [-0.15, -0.1) is 0 Å². The number of benzene rings is 1. The van der Waals surface area contributed by atoms with Gasteiger partial charge in [0.2, 0.25) is 11.5 Å². The lowest BCUT2D eigenvalue weighted by Gasteiger charge is -2.17. The first-order chi connectivity index (χ1) is 15.5. The monoisotopic (exact) mass is 453 g/mol. The van der Waals surface area contributed by atoms with Gasteiger partial charge in [-0.3, -0.25) is 9.59 Å². The van der Waals surface area contributed by atoms with E-state index < -0.39 is 17.4 Å². The Bertz CT molecular complexity index is 1330. The van der Waals surface area contributed by atoms with Crippen LogP contribution in [0.2, 0.25) is 5.02 Å². The lowest BCUT2D eigenvalue weighted by atomic mass is 10.1. The van der Waals surface area contributed by atoms with Crippen molar-refractivity contribution in [3.8, 4) is 17.3 Å². The van der Waals surface area contributed by atoms with Crippen LogP contribution >= 0.6 is 11.6 Å². The third-order valence-electron chi connectivity index (χ3n) is 5.44. The predicted molar refractivity (Wildman–Crippen MR) is 120 cm³/mol. The minimum Gasteiger partial charge on any atom is -0.453 e. The van der Waals surface area contributed by atoms with E-state index in [0.717, 1.165) is 24.7 Å². The second kappa shape index (κ2) is 8.16. The van der Waals surface area contributed by atoms with Crippen molar-refractivity contribution in [1.82, 2.24) is 20.1 Å². The average Bonchev–Trinajstić information content (AvgIpc) is 3.53. The maximum atomic E-state index is 12.3. The summed E-state index contributed by atoms with van der Waals surface area (Å²) in [5.74, 6) is -0.604. The van der Waals surface area contributed by atoms with E-state index in [9.17, 15) is 9.59 Å². The van der Waals surface area contributed by atoms with Crippen molar-refractivity contribution in [2.75, 3.05) is 18.0 Å². The number of imidazole rings is 1. The highest BCUT2D eigenvalue weighted by atomic mass is 35.5. The van der Waals surface area contributed by atoms with Crippen LogP contribution in [0.5, 0.6) is 6.01 Å². The molecule has 1 unspecified atom stereocenters. The normalized spacial score (nSPS) is 14.8. The van der Waals surface area contributed by atoms with E-state index in [1.165, 1.54) is 25.5 Å². The number of anilines is 1. The lowest BCUT2D eigenvalue weighted by molar-refractivity contribution is 0.0766. The van der Waals surface area contributed by atoms with Crippen molar-refractivity contribution < 1.29 is 14.1 Å². The highest BCUT2D eigenvalue weighted by Gasteiger charge is 2.23. The van der Waals surface area contributed by atoms with Gasteiger partial charge in [-0.1, -0.05) is 23.7 Å². The number of rotatable bonds is 6. The van der Waals surface area contributed by atoms with E-state index in [0.29, 0.717) is 21.9 Å². The third-order valence-corrected chi connectivity index (χ3v) is 5.73. The number of aromatic nitrogens is 4. The zero-order valence-corrected chi connectivity index (χ0v) is 18.0. The number of fused-ring (bicyclic) bond motifs is 1. The van der Waals surface area contributed by atoms with Crippen LogP contribution in [0.15, 0.2) is 45.7 Å². The van der Waals surface area contributed by atoms with Gasteiger partial charge < -0.3 is 19.1 Å².